The molecule has 1 aromatic carbocycles. The minimum Gasteiger partial charge on any atom is -0.366 e. The number of benzene rings is 1. The number of nitrogens with zero attached hydrogens (tertiary/aromatic N) is 1. The molecule has 0 atom stereocenters. The van der Waals surface area contributed by atoms with Gasteiger partial charge in [0.25, 0.3) is 17.7 Å². The number of aryl methyl sites for hydroxylation is 1. The van der Waals surface area contributed by atoms with Gasteiger partial charge in [-0.1, -0.05) is 12.1 Å². The normalized spacial score (nSPS) is 13.1. The summed E-state index contributed by atoms with van der Waals surface area (Å²) < 4.78 is 0. The summed E-state index contributed by atoms with van der Waals surface area (Å²) in [5.41, 5.74) is 6.22. The molecule has 3 N–H and O–H groups in total. The number of carbonyl (C=O) groups is 4. The van der Waals surface area contributed by atoms with E-state index >= 15 is 0 Å². The number of fused-ring (bicyclic) bond motifs is 1. The maximum absolute atomic E-state index is 12.2. The Morgan fingerprint density at radius 1 is 1.16 bits per heavy atom. The molecule has 1 aromatic heterocycles. The molecule has 0 bridgehead atoms. The van der Waals surface area contributed by atoms with E-state index in [4.69, 9.17) is 5.73 Å². The van der Waals surface area contributed by atoms with Crippen LogP contribution in [0.25, 0.3) is 0 Å². The number of rotatable bonds is 5. The van der Waals surface area contributed by atoms with E-state index in [1.54, 1.807) is 37.3 Å². The first-order valence-corrected chi connectivity index (χ1v) is 8.35. The topological polar surface area (TPSA) is 110 Å². The molecule has 2 heterocycles. The predicted molar refractivity (Wildman–Crippen MR) is 92.6 cm³/mol. The SMILES string of the molecule is Cc1cc(C(N)=O)c(NC(=O)CCN2C(=O)c3ccccc3C2=O)s1. The molecule has 0 saturated carbocycles. The highest BCUT2D eigenvalue weighted by molar-refractivity contribution is 7.16. The third kappa shape index (κ3) is 3.16. The van der Waals surface area contributed by atoms with Gasteiger partial charge in [0.1, 0.15) is 5.00 Å². The van der Waals surface area contributed by atoms with Crippen LogP contribution in [0.2, 0.25) is 0 Å². The molecule has 0 unspecified atom stereocenters. The van der Waals surface area contributed by atoms with Gasteiger partial charge in [-0.25, -0.2) is 0 Å². The van der Waals surface area contributed by atoms with E-state index in [1.165, 1.54) is 11.3 Å². The van der Waals surface area contributed by atoms with E-state index in [-0.39, 0.29) is 18.5 Å². The highest BCUT2D eigenvalue weighted by Gasteiger charge is 2.35. The lowest BCUT2D eigenvalue weighted by molar-refractivity contribution is -0.116. The number of hydrogen-bond donors (Lipinski definition) is 2. The summed E-state index contributed by atoms with van der Waals surface area (Å²) in [5.74, 6) is -1.84. The Morgan fingerprint density at radius 3 is 2.32 bits per heavy atom. The standard InChI is InChI=1S/C17H15N3O4S/c1-9-8-12(14(18)22)15(25-9)19-13(21)6-7-20-16(23)10-4-2-3-5-11(10)17(20)24/h2-5,8H,6-7H2,1H3,(H2,18,22)(H,19,21). The van der Waals surface area contributed by atoms with Gasteiger partial charge in [-0.05, 0) is 25.1 Å². The summed E-state index contributed by atoms with van der Waals surface area (Å²) in [5, 5.41) is 2.99. The molecular weight excluding hydrogens is 342 g/mol. The molecule has 2 aromatic rings. The number of nitrogens with one attached hydrogen (secondary N) is 1. The van der Waals surface area contributed by atoms with Crippen molar-refractivity contribution >= 4 is 40.0 Å². The van der Waals surface area contributed by atoms with Gasteiger partial charge < -0.3 is 11.1 Å². The molecule has 0 saturated heterocycles. The van der Waals surface area contributed by atoms with E-state index in [0.717, 1.165) is 9.78 Å². The molecule has 0 spiro atoms. The lowest BCUT2D eigenvalue weighted by Crippen LogP contribution is -2.33. The van der Waals surface area contributed by atoms with Gasteiger partial charge >= 0.3 is 0 Å². The zero-order chi connectivity index (χ0) is 18.1. The first-order valence-electron chi connectivity index (χ1n) is 7.54. The molecule has 25 heavy (non-hydrogen) atoms. The molecule has 1 aliphatic heterocycles. The van der Waals surface area contributed by atoms with Crippen molar-refractivity contribution in [2.24, 2.45) is 5.73 Å². The number of anilines is 1. The zero-order valence-electron chi connectivity index (χ0n) is 13.4. The number of imide groups is 1. The molecule has 0 radical (unpaired) electrons. The van der Waals surface area contributed by atoms with Crippen LogP contribution in [0.4, 0.5) is 5.00 Å². The average Bonchev–Trinajstić information content (AvgIpc) is 3.05. The van der Waals surface area contributed by atoms with Gasteiger partial charge in [0.05, 0.1) is 16.7 Å². The number of amides is 4. The van der Waals surface area contributed by atoms with Crippen molar-refractivity contribution < 1.29 is 19.2 Å². The summed E-state index contributed by atoms with van der Waals surface area (Å²) in [6.45, 7) is 1.76. The maximum atomic E-state index is 12.2. The van der Waals surface area contributed by atoms with Crippen LogP contribution in [0, 0.1) is 6.92 Å². The molecule has 128 valence electrons. The molecule has 1 aliphatic rings. The van der Waals surface area contributed by atoms with Gasteiger partial charge in [0.2, 0.25) is 5.91 Å². The molecule has 3 rings (SSSR count). The Labute approximate surface area is 147 Å². The summed E-state index contributed by atoms with van der Waals surface area (Å²) >= 11 is 1.24. The summed E-state index contributed by atoms with van der Waals surface area (Å²) in [6, 6.07) is 8.15. The van der Waals surface area contributed by atoms with Crippen LogP contribution >= 0.6 is 11.3 Å². The lowest BCUT2D eigenvalue weighted by atomic mass is 10.1. The maximum Gasteiger partial charge on any atom is 0.261 e. The molecule has 8 heteroatoms. The minimum absolute atomic E-state index is 0.0333. The predicted octanol–water partition coefficient (Wildman–Crippen LogP) is 1.78. The minimum atomic E-state index is -0.625. The average molecular weight is 357 g/mol. The summed E-state index contributed by atoms with van der Waals surface area (Å²) in [6.07, 6.45) is -0.0688. The monoisotopic (exact) mass is 357 g/mol. The van der Waals surface area contributed by atoms with Crippen molar-refractivity contribution in [3.05, 3.63) is 51.9 Å². The lowest BCUT2D eigenvalue weighted by Gasteiger charge is -2.13. The third-order valence-corrected chi connectivity index (χ3v) is 4.78. The largest absolute Gasteiger partial charge is 0.366 e. The zero-order valence-corrected chi connectivity index (χ0v) is 14.2. The Kier molecular flexibility index (Phi) is 4.37. The fraction of sp³-hybridized carbons (Fsp3) is 0.176. The number of thiophene rings is 1. The summed E-state index contributed by atoms with van der Waals surface area (Å²) in [4.78, 5) is 49.9. The third-order valence-electron chi connectivity index (χ3n) is 3.81. The van der Waals surface area contributed by atoms with Crippen molar-refractivity contribution in [1.82, 2.24) is 4.90 Å². The van der Waals surface area contributed by atoms with Crippen LogP contribution in [-0.4, -0.2) is 35.1 Å². The fourth-order valence-electron chi connectivity index (χ4n) is 2.63. The van der Waals surface area contributed by atoms with Gasteiger partial charge in [-0.3, -0.25) is 24.1 Å². The first kappa shape index (κ1) is 16.8. The second-order valence-electron chi connectivity index (χ2n) is 5.57. The van der Waals surface area contributed by atoms with Crippen LogP contribution in [0.5, 0.6) is 0 Å². The Bertz CT molecular complexity index is 868. The molecular formula is C17H15N3O4S. The van der Waals surface area contributed by atoms with Crippen molar-refractivity contribution in [2.45, 2.75) is 13.3 Å². The molecule has 4 amide bonds. The Morgan fingerprint density at radius 2 is 1.76 bits per heavy atom. The van der Waals surface area contributed by atoms with E-state index in [1.807, 2.05) is 0 Å². The smallest absolute Gasteiger partial charge is 0.261 e. The second-order valence-corrected chi connectivity index (χ2v) is 6.83. The highest BCUT2D eigenvalue weighted by Crippen LogP contribution is 2.27. The fourth-order valence-corrected chi connectivity index (χ4v) is 3.57. The Hall–Kier alpha value is -3.00. The quantitative estimate of drug-likeness (QED) is 0.795. The number of primary amides is 1. The van der Waals surface area contributed by atoms with Crippen molar-refractivity contribution in [3.8, 4) is 0 Å². The van der Waals surface area contributed by atoms with E-state index < -0.39 is 23.6 Å². The second kappa shape index (κ2) is 6.48. The van der Waals surface area contributed by atoms with Gasteiger partial charge in [0, 0.05) is 17.8 Å². The van der Waals surface area contributed by atoms with E-state index in [0.29, 0.717) is 16.1 Å². The van der Waals surface area contributed by atoms with Crippen LogP contribution in [0.3, 0.4) is 0 Å². The van der Waals surface area contributed by atoms with Crippen molar-refractivity contribution in [1.29, 1.82) is 0 Å². The van der Waals surface area contributed by atoms with E-state index in [2.05, 4.69) is 5.32 Å². The Balaban J connectivity index is 1.65. The first-order chi connectivity index (χ1) is 11.9. The van der Waals surface area contributed by atoms with Crippen molar-refractivity contribution in [3.63, 3.8) is 0 Å². The van der Waals surface area contributed by atoms with Crippen LogP contribution in [0.1, 0.15) is 42.4 Å². The van der Waals surface area contributed by atoms with Crippen molar-refractivity contribution in [2.75, 3.05) is 11.9 Å². The van der Waals surface area contributed by atoms with Crippen LogP contribution in [-0.2, 0) is 4.79 Å². The number of hydrogen-bond acceptors (Lipinski definition) is 5. The number of carbonyl (C=O) groups excluding carboxylic acids is 4. The van der Waals surface area contributed by atoms with E-state index in [9.17, 15) is 19.2 Å². The van der Waals surface area contributed by atoms with Crippen LogP contribution < -0.4 is 11.1 Å². The molecule has 0 fully saturated rings. The van der Waals surface area contributed by atoms with Gasteiger partial charge in [-0.15, -0.1) is 11.3 Å². The number of nitrogens with two attached hydrogens (primary N) is 1. The van der Waals surface area contributed by atoms with Gasteiger partial charge in [-0.2, -0.15) is 0 Å². The highest BCUT2D eigenvalue weighted by atomic mass is 32.1. The summed E-state index contributed by atoms with van der Waals surface area (Å²) in [7, 11) is 0. The van der Waals surface area contributed by atoms with Crippen LogP contribution in [0.15, 0.2) is 30.3 Å². The molecule has 0 aliphatic carbocycles. The molecule has 7 nitrogen and oxygen atoms in total. The van der Waals surface area contributed by atoms with Gasteiger partial charge in [0.15, 0.2) is 0 Å².